The van der Waals surface area contributed by atoms with Gasteiger partial charge in [-0.05, 0) is 106 Å². The minimum atomic E-state index is 0.862. The molecule has 4 aromatic heterocycles. The average molecular weight is 869 g/mol. The van der Waals surface area contributed by atoms with E-state index < -0.39 is 0 Å². The predicted octanol–water partition coefficient (Wildman–Crippen LogP) is 17.0. The van der Waals surface area contributed by atoms with Gasteiger partial charge in [-0.3, -0.25) is 0 Å². The second kappa shape index (κ2) is 13.9. The standard InChI is InChI=1S/C62H36N4S/c1-4-16-45-37(13-1)27-30-55-60(45)49-19-6-11-23-54(49)65(55)43-28-25-38-33-50-46-17-5-10-22-53(46)66(57(50)34-41(38)32-43)56-35-42(31-39-14-2-3-15-44(39)56)62-61(63-51-20-8-9-21-52(51)64-62)40-26-29-48-47-18-7-12-24-58(47)67-59(48)36-40/h1-36H. The van der Waals surface area contributed by atoms with Gasteiger partial charge in [0, 0.05) is 63.9 Å². The molecular formula is C62H36N4S. The molecule has 4 nitrogen and oxygen atoms in total. The maximum Gasteiger partial charge on any atom is 0.0974 e. The number of hydrogen-bond acceptors (Lipinski definition) is 3. The first-order valence-corrected chi connectivity index (χ1v) is 23.6. The second-order valence-electron chi connectivity index (χ2n) is 17.7. The summed E-state index contributed by atoms with van der Waals surface area (Å²) in [5.41, 5.74) is 12.5. The maximum atomic E-state index is 5.46. The van der Waals surface area contributed by atoms with Gasteiger partial charge >= 0.3 is 0 Å². The van der Waals surface area contributed by atoms with Gasteiger partial charge in [0.05, 0.1) is 50.2 Å². The summed E-state index contributed by atoms with van der Waals surface area (Å²) in [6.45, 7) is 0. The maximum absolute atomic E-state index is 5.46. The lowest BCUT2D eigenvalue weighted by molar-refractivity contribution is 1.18. The molecule has 0 spiro atoms. The Hall–Kier alpha value is -8.64. The van der Waals surface area contributed by atoms with Crippen LogP contribution >= 0.6 is 11.3 Å². The van der Waals surface area contributed by atoms with Crippen LogP contribution in [-0.4, -0.2) is 19.1 Å². The van der Waals surface area contributed by atoms with E-state index in [1.165, 1.54) is 79.7 Å². The third-order valence-electron chi connectivity index (χ3n) is 14.0. The summed E-state index contributed by atoms with van der Waals surface area (Å²) in [6.07, 6.45) is 0. The van der Waals surface area contributed by atoms with Crippen LogP contribution in [0, 0.1) is 0 Å². The second-order valence-corrected chi connectivity index (χ2v) is 18.8. The summed E-state index contributed by atoms with van der Waals surface area (Å²) in [4.78, 5) is 10.9. The van der Waals surface area contributed by atoms with Crippen LogP contribution < -0.4 is 0 Å². The van der Waals surface area contributed by atoms with Crippen LogP contribution in [0.2, 0.25) is 0 Å². The number of hydrogen-bond donors (Lipinski definition) is 0. The third-order valence-corrected chi connectivity index (χ3v) is 15.1. The molecule has 0 radical (unpaired) electrons. The van der Waals surface area contributed by atoms with Crippen LogP contribution in [0.4, 0.5) is 0 Å². The van der Waals surface area contributed by atoms with Crippen molar-refractivity contribution in [3.05, 3.63) is 218 Å². The van der Waals surface area contributed by atoms with E-state index in [1.54, 1.807) is 0 Å². The number of benzene rings is 11. The van der Waals surface area contributed by atoms with Gasteiger partial charge in [-0.1, -0.05) is 140 Å². The van der Waals surface area contributed by atoms with E-state index in [4.69, 9.17) is 9.97 Å². The van der Waals surface area contributed by atoms with Crippen molar-refractivity contribution in [1.29, 1.82) is 0 Å². The highest BCUT2D eigenvalue weighted by atomic mass is 32.1. The molecule has 0 atom stereocenters. The molecule has 310 valence electrons. The monoisotopic (exact) mass is 868 g/mol. The minimum absolute atomic E-state index is 0.862. The van der Waals surface area contributed by atoms with E-state index in [1.807, 2.05) is 23.5 Å². The topological polar surface area (TPSA) is 35.6 Å². The zero-order chi connectivity index (χ0) is 43.7. The summed E-state index contributed by atoms with van der Waals surface area (Å²) in [7, 11) is 0. The zero-order valence-corrected chi connectivity index (χ0v) is 36.8. The van der Waals surface area contributed by atoms with E-state index >= 15 is 0 Å². The first-order valence-electron chi connectivity index (χ1n) is 22.8. The smallest absolute Gasteiger partial charge is 0.0974 e. The van der Waals surface area contributed by atoms with E-state index in [2.05, 4.69) is 215 Å². The Bertz CT molecular complexity index is 4590. The largest absolute Gasteiger partial charge is 0.309 e. The quantitative estimate of drug-likeness (QED) is 0.177. The van der Waals surface area contributed by atoms with Gasteiger partial charge in [0.25, 0.3) is 0 Å². The van der Waals surface area contributed by atoms with Crippen molar-refractivity contribution in [3.8, 4) is 33.9 Å². The van der Waals surface area contributed by atoms with Crippen molar-refractivity contribution in [2.45, 2.75) is 0 Å². The van der Waals surface area contributed by atoms with Crippen molar-refractivity contribution in [3.63, 3.8) is 0 Å². The highest BCUT2D eigenvalue weighted by Gasteiger charge is 2.21. The van der Waals surface area contributed by atoms with Crippen molar-refractivity contribution in [2.24, 2.45) is 0 Å². The lowest BCUT2D eigenvalue weighted by Crippen LogP contribution is -1.99. The number of aromatic nitrogens is 4. The van der Waals surface area contributed by atoms with Crippen LogP contribution in [-0.2, 0) is 0 Å². The van der Waals surface area contributed by atoms with E-state index in [0.717, 1.165) is 61.3 Å². The highest BCUT2D eigenvalue weighted by molar-refractivity contribution is 7.25. The average Bonchev–Trinajstić information content (AvgIpc) is 4.04. The molecule has 0 bridgehead atoms. The highest BCUT2D eigenvalue weighted by Crippen LogP contribution is 2.43. The molecular weight excluding hydrogens is 833 g/mol. The minimum Gasteiger partial charge on any atom is -0.309 e. The fourth-order valence-electron chi connectivity index (χ4n) is 11.0. The zero-order valence-electron chi connectivity index (χ0n) is 36.0. The number of thiophene rings is 1. The van der Waals surface area contributed by atoms with Gasteiger partial charge in [-0.25, -0.2) is 9.97 Å². The molecule has 0 aliphatic carbocycles. The molecule has 4 heterocycles. The van der Waals surface area contributed by atoms with Crippen molar-refractivity contribution < 1.29 is 0 Å². The lowest BCUT2D eigenvalue weighted by atomic mass is 9.98. The molecule has 0 amide bonds. The van der Waals surface area contributed by atoms with Crippen LogP contribution in [0.15, 0.2) is 218 Å². The Balaban J connectivity index is 0.976. The van der Waals surface area contributed by atoms with Gasteiger partial charge in [0.1, 0.15) is 0 Å². The number of fused-ring (bicyclic) bond motifs is 14. The van der Waals surface area contributed by atoms with E-state index in [9.17, 15) is 0 Å². The van der Waals surface area contributed by atoms with Crippen molar-refractivity contribution >= 4 is 118 Å². The molecule has 0 fully saturated rings. The fraction of sp³-hybridized carbons (Fsp3) is 0. The molecule has 11 aromatic carbocycles. The van der Waals surface area contributed by atoms with Crippen LogP contribution in [0.1, 0.15) is 0 Å². The Morgan fingerprint density at radius 1 is 0.313 bits per heavy atom. The molecule has 0 saturated carbocycles. The van der Waals surface area contributed by atoms with Crippen LogP contribution in [0.5, 0.6) is 0 Å². The van der Waals surface area contributed by atoms with Gasteiger partial charge in [-0.2, -0.15) is 0 Å². The number of para-hydroxylation sites is 4. The normalized spacial score (nSPS) is 12.2. The van der Waals surface area contributed by atoms with Crippen molar-refractivity contribution in [2.75, 3.05) is 0 Å². The molecule has 5 heteroatoms. The molecule has 0 unspecified atom stereocenters. The Labute approximate surface area is 387 Å². The Morgan fingerprint density at radius 2 is 0.955 bits per heavy atom. The molecule has 0 N–H and O–H groups in total. The Kier molecular flexibility index (Phi) is 7.63. The van der Waals surface area contributed by atoms with E-state index in [-0.39, 0.29) is 0 Å². The molecule has 15 aromatic rings. The summed E-state index contributed by atoms with van der Waals surface area (Å²) >= 11 is 1.83. The van der Waals surface area contributed by atoms with Gasteiger partial charge in [0.15, 0.2) is 0 Å². The van der Waals surface area contributed by atoms with Gasteiger partial charge < -0.3 is 9.13 Å². The third kappa shape index (κ3) is 5.40. The summed E-state index contributed by atoms with van der Waals surface area (Å²) < 4.78 is 7.45. The first kappa shape index (κ1) is 36.7. The van der Waals surface area contributed by atoms with Gasteiger partial charge in [-0.15, -0.1) is 11.3 Å². The fourth-order valence-corrected chi connectivity index (χ4v) is 12.1. The summed E-state index contributed by atoms with van der Waals surface area (Å²) in [5.74, 6) is 0. The predicted molar refractivity (Wildman–Crippen MR) is 284 cm³/mol. The van der Waals surface area contributed by atoms with E-state index in [0.29, 0.717) is 0 Å². The number of nitrogens with zero attached hydrogens (tertiary/aromatic N) is 4. The molecule has 67 heavy (non-hydrogen) atoms. The SMILES string of the molecule is c1ccc2c(-n3c4ccccc4c4cc5ccc(-n6c7ccccc7c7c8ccccc8ccc76)cc5cc43)cc(-c3nc4ccccc4nc3-c3ccc4c(c3)sc3ccccc34)cc2c1. The molecule has 0 aliphatic heterocycles. The number of rotatable bonds is 4. The summed E-state index contributed by atoms with van der Waals surface area (Å²) in [5, 5.41) is 14.8. The lowest BCUT2D eigenvalue weighted by Gasteiger charge is -2.16. The molecule has 0 aliphatic rings. The van der Waals surface area contributed by atoms with Crippen LogP contribution in [0.25, 0.3) is 141 Å². The van der Waals surface area contributed by atoms with Crippen molar-refractivity contribution in [1.82, 2.24) is 19.1 Å². The first-order chi connectivity index (χ1) is 33.2. The summed E-state index contributed by atoms with van der Waals surface area (Å²) in [6, 6.07) is 79.8. The molecule has 0 saturated heterocycles. The van der Waals surface area contributed by atoms with Crippen LogP contribution in [0.3, 0.4) is 0 Å². The van der Waals surface area contributed by atoms with Gasteiger partial charge in [0.2, 0.25) is 0 Å². The molecule has 15 rings (SSSR count). The Morgan fingerprint density at radius 3 is 1.79 bits per heavy atom.